The number of fused-ring (bicyclic) bond motifs is 1. The Morgan fingerprint density at radius 2 is 1.97 bits per heavy atom. The molecule has 2 saturated heterocycles. The van der Waals surface area contributed by atoms with Crippen LogP contribution in [-0.4, -0.2) is 36.2 Å². The van der Waals surface area contributed by atoms with Crippen LogP contribution in [0.25, 0.3) is 10.4 Å². The Labute approximate surface area is 198 Å². The molecule has 2 aliphatic heterocycles. The number of aliphatic hydroxyl groups is 1. The second-order valence-electron chi connectivity index (χ2n) is 8.81. The van der Waals surface area contributed by atoms with Gasteiger partial charge in [-0.1, -0.05) is 36.4 Å². The van der Waals surface area contributed by atoms with E-state index in [9.17, 15) is 9.90 Å². The van der Waals surface area contributed by atoms with E-state index in [1.165, 1.54) is 20.9 Å². The molecule has 0 aliphatic carbocycles. The van der Waals surface area contributed by atoms with Gasteiger partial charge in [0.25, 0.3) is 0 Å². The lowest BCUT2D eigenvalue weighted by Crippen LogP contribution is -2.22. The van der Waals surface area contributed by atoms with Crippen LogP contribution in [0.1, 0.15) is 52.2 Å². The van der Waals surface area contributed by atoms with E-state index in [-0.39, 0.29) is 19.0 Å². The number of benzene rings is 2. The maximum atomic E-state index is 10.9. The first-order valence-corrected chi connectivity index (χ1v) is 12.0. The lowest BCUT2D eigenvalue weighted by atomic mass is 10.0. The number of aryl methyl sites for hydroxylation is 1. The van der Waals surface area contributed by atoms with Crippen molar-refractivity contribution in [2.75, 3.05) is 6.61 Å². The molecule has 0 saturated carbocycles. The van der Waals surface area contributed by atoms with Gasteiger partial charge >= 0.3 is 0 Å². The zero-order valence-corrected chi connectivity index (χ0v) is 20.1. The van der Waals surface area contributed by atoms with E-state index in [2.05, 4.69) is 31.2 Å². The Bertz CT molecular complexity index is 1090. The fourth-order valence-corrected chi connectivity index (χ4v) is 5.06. The fourth-order valence-electron chi connectivity index (χ4n) is 4.03. The van der Waals surface area contributed by atoms with Gasteiger partial charge in [0, 0.05) is 28.2 Å². The monoisotopic (exact) mass is 466 g/mol. The molecule has 5 nitrogen and oxygen atoms in total. The first-order valence-electron chi connectivity index (χ1n) is 11.2. The minimum absolute atomic E-state index is 0.0709. The zero-order chi connectivity index (χ0) is 23.4. The molecule has 2 aromatic carbocycles. The van der Waals surface area contributed by atoms with Crippen LogP contribution >= 0.6 is 11.3 Å². The van der Waals surface area contributed by atoms with Crippen molar-refractivity contribution in [1.29, 1.82) is 0 Å². The number of rotatable bonds is 5. The Morgan fingerprint density at radius 3 is 2.73 bits per heavy atom. The quantitative estimate of drug-likeness (QED) is 0.503. The fraction of sp³-hybridized carbons (Fsp3) is 0.370. The molecule has 2 aliphatic rings. The number of hydrogen-bond acceptors (Lipinski definition) is 6. The summed E-state index contributed by atoms with van der Waals surface area (Å²) in [5.74, 6) is -0.435. The summed E-state index contributed by atoms with van der Waals surface area (Å²) >= 11 is 1.74. The normalized spacial score (nSPS) is 20.7. The number of carbonyl (C=O) groups excluding carboxylic acids is 1. The first-order chi connectivity index (χ1) is 15.9. The number of hydrogen-bond donors (Lipinski definition) is 1. The van der Waals surface area contributed by atoms with E-state index in [4.69, 9.17) is 14.2 Å². The number of thiophene rings is 1. The van der Waals surface area contributed by atoms with Gasteiger partial charge in [0.15, 0.2) is 12.1 Å². The molecule has 2 atom stereocenters. The minimum atomic E-state index is -0.435. The van der Waals surface area contributed by atoms with Crippen molar-refractivity contribution < 1.29 is 24.1 Å². The van der Waals surface area contributed by atoms with E-state index in [1.54, 1.807) is 11.3 Å². The summed E-state index contributed by atoms with van der Waals surface area (Å²) in [4.78, 5) is 13.4. The summed E-state index contributed by atoms with van der Waals surface area (Å²) in [6.45, 7) is 6.76. The Kier molecular flexibility index (Phi) is 7.41. The average Bonchev–Trinajstić information content (AvgIpc) is 3.51. The van der Waals surface area contributed by atoms with Gasteiger partial charge in [-0.05, 0) is 61.2 Å². The number of aldehydes is 1. The van der Waals surface area contributed by atoms with E-state index < -0.39 is 5.79 Å². The molecule has 1 aromatic heterocycles. The van der Waals surface area contributed by atoms with Crippen molar-refractivity contribution in [1.82, 2.24) is 0 Å². The van der Waals surface area contributed by atoms with E-state index in [1.807, 2.05) is 44.2 Å². The van der Waals surface area contributed by atoms with Crippen molar-refractivity contribution in [3.05, 3.63) is 81.7 Å². The van der Waals surface area contributed by atoms with Crippen molar-refractivity contribution in [3.8, 4) is 10.4 Å². The molecule has 1 N–H and O–H groups in total. The smallest absolute Gasteiger partial charge is 0.187 e. The van der Waals surface area contributed by atoms with Gasteiger partial charge in [-0.15, -0.1) is 11.3 Å². The van der Waals surface area contributed by atoms with Gasteiger partial charge in [-0.25, -0.2) is 0 Å². The summed E-state index contributed by atoms with van der Waals surface area (Å²) in [5, 5.41) is 9.30. The zero-order valence-electron chi connectivity index (χ0n) is 19.2. The Morgan fingerprint density at radius 1 is 1.12 bits per heavy atom. The summed E-state index contributed by atoms with van der Waals surface area (Å²) in [6.07, 6.45) is 2.78. The molecule has 0 spiro atoms. The van der Waals surface area contributed by atoms with Crippen molar-refractivity contribution in [3.63, 3.8) is 0 Å². The van der Waals surface area contributed by atoms with Crippen LogP contribution < -0.4 is 0 Å². The van der Waals surface area contributed by atoms with Crippen LogP contribution in [0.4, 0.5) is 0 Å². The van der Waals surface area contributed by atoms with Crippen LogP contribution in [0.2, 0.25) is 0 Å². The van der Waals surface area contributed by atoms with Crippen LogP contribution in [-0.2, 0) is 27.2 Å². The third-order valence-corrected chi connectivity index (χ3v) is 6.89. The third kappa shape index (κ3) is 5.96. The Balaban J connectivity index is 0.000000214. The van der Waals surface area contributed by atoms with Gasteiger partial charge < -0.3 is 19.3 Å². The molecule has 174 valence electrons. The lowest BCUT2D eigenvalue weighted by Gasteiger charge is -2.17. The molecular formula is C27H30O5S. The van der Waals surface area contributed by atoms with E-state index in [0.717, 1.165) is 36.9 Å². The number of ether oxygens (including phenoxy) is 3. The maximum absolute atomic E-state index is 10.9. The highest BCUT2D eigenvalue weighted by Gasteiger charge is 2.44. The average molecular weight is 467 g/mol. The SMILES string of the molecule is CC1(C)OC2CCOC2O1.Cc1ccc(CO)cc1Cc1ccc(-c2cccc(C=O)c2)s1. The third-order valence-electron chi connectivity index (χ3n) is 5.75. The van der Waals surface area contributed by atoms with Crippen LogP contribution in [0, 0.1) is 6.92 Å². The molecule has 5 rings (SSSR count). The highest BCUT2D eigenvalue weighted by molar-refractivity contribution is 7.15. The van der Waals surface area contributed by atoms with Gasteiger partial charge in [-0.3, -0.25) is 4.79 Å². The largest absolute Gasteiger partial charge is 0.392 e. The van der Waals surface area contributed by atoms with E-state index >= 15 is 0 Å². The predicted molar refractivity (Wildman–Crippen MR) is 129 cm³/mol. The molecular weight excluding hydrogens is 436 g/mol. The van der Waals surface area contributed by atoms with Crippen molar-refractivity contribution in [2.45, 2.75) is 58.4 Å². The second kappa shape index (κ2) is 10.3. The van der Waals surface area contributed by atoms with Crippen molar-refractivity contribution in [2.24, 2.45) is 0 Å². The first kappa shape index (κ1) is 23.8. The molecule has 6 heteroatoms. The maximum Gasteiger partial charge on any atom is 0.187 e. The standard InChI is InChI=1S/C20H18O2S.C7H12O3/c1-14-5-6-16(13-22)10-18(14)11-19-7-8-20(23-19)17-4-2-3-15(9-17)12-21;1-7(2)9-5-3-4-8-6(5)10-7/h2-10,12,22H,11,13H2,1H3;5-6H,3-4H2,1-2H3. The molecule has 0 radical (unpaired) electrons. The van der Waals surface area contributed by atoms with Gasteiger partial charge in [-0.2, -0.15) is 0 Å². The van der Waals surface area contributed by atoms with Gasteiger partial charge in [0.2, 0.25) is 0 Å². The predicted octanol–water partition coefficient (Wildman–Crippen LogP) is 5.50. The molecule has 33 heavy (non-hydrogen) atoms. The number of carbonyl (C=O) groups is 1. The minimum Gasteiger partial charge on any atom is -0.392 e. The highest BCUT2D eigenvalue weighted by Crippen LogP contribution is 2.34. The highest BCUT2D eigenvalue weighted by atomic mass is 32.1. The topological polar surface area (TPSA) is 65.0 Å². The van der Waals surface area contributed by atoms with Crippen LogP contribution in [0.5, 0.6) is 0 Å². The van der Waals surface area contributed by atoms with Crippen LogP contribution in [0.15, 0.2) is 54.6 Å². The number of aliphatic hydroxyl groups excluding tert-OH is 1. The lowest BCUT2D eigenvalue weighted by molar-refractivity contribution is -0.192. The molecule has 2 unspecified atom stereocenters. The van der Waals surface area contributed by atoms with Gasteiger partial charge in [0.1, 0.15) is 12.4 Å². The Hall–Kier alpha value is -2.35. The summed E-state index contributed by atoms with van der Waals surface area (Å²) in [6, 6.07) is 18.0. The van der Waals surface area contributed by atoms with Crippen LogP contribution in [0.3, 0.4) is 0 Å². The molecule has 2 fully saturated rings. The van der Waals surface area contributed by atoms with E-state index in [0.29, 0.717) is 5.56 Å². The molecule has 0 amide bonds. The summed E-state index contributed by atoms with van der Waals surface area (Å²) < 4.78 is 16.2. The van der Waals surface area contributed by atoms with Crippen molar-refractivity contribution >= 4 is 17.6 Å². The molecule has 3 heterocycles. The molecule has 3 aromatic rings. The second-order valence-corrected chi connectivity index (χ2v) is 9.98. The molecule has 0 bridgehead atoms. The summed E-state index contributed by atoms with van der Waals surface area (Å²) in [7, 11) is 0. The summed E-state index contributed by atoms with van der Waals surface area (Å²) in [5.41, 5.74) is 5.20. The van der Waals surface area contributed by atoms with Gasteiger partial charge in [0.05, 0.1) is 13.2 Å².